The number of halogens is 2. The van der Waals surface area contributed by atoms with Gasteiger partial charge in [0.15, 0.2) is 11.5 Å². The predicted molar refractivity (Wildman–Crippen MR) is 82.3 cm³/mol. The molecule has 0 radical (unpaired) electrons. The van der Waals surface area contributed by atoms with Crippen LogP contribution in [-0.2, 0) is 13.1 Å². The van der Waals surface area contributed by atoms with Gasteiger partial charge < -0.3 is 15.6 Å². The number of anilines is 1. The van der Waals surface area contributed by atoms with E-state index in [1.54, 1.807) is 36.5 Å². The fraction of sp³-hybridized carbons (Fsp3) is 0.0769. The summed E-state index contributed by atoms with van der Waals surface area (Å²) in [6.07, 6.45) is 3.11. The number of benzene rings is 1. The monoisotopic (exact) mass is 369 g/mol. The number of aromatic hydroxyl groups is 1. The average Bonchev–Trinajstić information content (AvgIpc) is 2.48. The summed E-state index contributed by atoms with van der Waals surface area (Å²) in [5.74, 6) is 0.792. The number of hydrogen-bond donors (Lipinski definition) is 2. The Bertz CT molecular complexity index is 612. The SMILES string of the molecule is COc1cccc(C=Nc2cccnc2N)c1O.[Cl][Fe][Cl]. The molecule has 21 heavy (non-hydrogen) atoms. The Balaban J connectivity index is 0.000000677. The Morgan fingerprint density at radius 3 is 2.67 bits per heavy atom. The van der Waals surface area contributed by atoms with Gasteiger partial charge in [0, 0.05) is 18.0 Å². The Kier molecular flexibility index (Phi) is 7.93. The van der Waals surface area contributed by atoms with E-state index < -0.39 is 0 Å². The standard InChI is InChI=1S/C13H13N3O2.2ClH.Fe/c1-18-11-6-2-4-9(12(11)17)8-16-10-5-3-7-15-13(10)14;;;/h2-8,17H,1H3,(H2,14,15);2*1H;/q;;;+2/p-2. The van der Waals surface area contributed by atoms with Gasteiger partial charge in [-0.3, -0.25) is 4.99 Å². The maximum absolute atomic E-state index is 9.87. The number of nitrogen functional groups attached to an aromatic ring is 1. The molecule has 0 fully saturated rings. The molecule has 0 spiro atoms. The first-order chi connectivity index (χ1) is 10.1. The fourth-order valence-electron chi connectivity index (χ4n) is 1.47. The average molecular weight is 370 g/mol. The molecular weight excluding hydrogens is 357 g/mol. The van der Waals surface area contributed by atoms with Gasteiger partial charge in [0.25, 0.3) is 0 Å². The number of aromatic nitrogens is 1. The summed E-state index contributed by atoms with van der Waals surface area (Å²) in [6, 6.07) is 8.66. The molecule has 3 N–H and O–H groups in total. The van der Waals surface area contributed by atoms with Crippen LogP contribution in [0.5, 0.6) is 11.5 Å². The van der Waals surface area contributed by atoms with Crippen LogP contribution in [0.4, 0.5) is 11.5 Å². The first-order valence-electron chi connectivity index (χ1n) is 5.59. The molecule has 1 aromatic heterocycles. The van der Waals surface area contributed by atoms with Gasteiger partial charge in [0.05, 0.1) is 7.11 Å². The number of ether oxygens (including phenoxy) is 1. The summed E-state index contributed by atoms with van der Waals surface area (Å²) in [4.78, 5) is 8.11. The number of nitrogens with two attached hydrogens (primary N) is 1. The molecule has 0 unspecified atom stereocenters. The van der Waals surface area contributed by atoms with Crippen molar-refractivity contribution in [1.82, 2.24) is 4.98 Å². The number of rotatable bonds is 3. The molecule has 0 aliphatic heterocycles. The number of phenols is 1. The number of aliphatic imine (C=N–C) groups is 1. The van der Waals surface area contributed by atoms with Gasteiger partial charge in [0.1, 0.15) is 11.5 Å². The molecule has 1 heterocycles. The van der Waals surface area contributed by atoms with E-state index in [0.717, 1.165) is 0 Å². The van der Waals surface area contributed by atoms with Crippen molar-refractivity contribution < 1.29 is 23.0 Å². The first-order valence-corrected chi connectivity index (χ1v) is 8.63. The zero-order valence-corrected chi connectivity index (χ0v) is 13.6. The summed E-state index contributed by atoms with van der Waals surface area (Å²) in [5.41, 5.74) is 6.78. The molecule has 8 heteroatoms. The molecule has 0 bridgehead atoms. The summed E-state index contributed by atoms with van der Waals surface area (Å²) in [6.45, 7) is 0. The van der Waals surface area contributed by atoms with E-state index in [4.69, 9.17) is 30.7 Å². The molecule has 5 nitrogen and oxygen atoms in total. The van der Waals surface area contributed by atoms with E-state index in [0.29, 0.717) is 22.8 Å². The van der Waals surface area contributed by atoms with Crippen LogP contribution in [0.2, 0.25) is 0 Å². The minimum atomic E-state index is 0.0474. The molecule has 0 saturated heterocycles. The molecule has 2 aromatic rings. The Morgan fingerprint density at radius 2 is 2.05 bits per heavy atom. The summed E-state index contributed by atoms with van der Waals surface area (Å²) >= 11 is 0.194. The fourth-order valence-corrected chi connectivity index (χ4v) is 1.47. The first kappa shape index (κ1) is 17.6. The van der Waals surface area contributed by atoms with Crippen molar-refractivity contribution in [3.05, 3.63) is 42.1 Å². The normalized spacial score (nSPS) is 10.2. The molecule has 0 aliphatic rings. The second-order valence-corrected chi connectivity index (χ2v) is 5.44. The summed E-state index contributed by atoms with van der Waals surface area (Å²) in [7, 11) is 11.0. The number of phenolic OH excluding ortho intramolecular Hbond substituents is 1. The second kappa shape index (κ2) is 9.47. The second-order valence-electron chi connectivity index (χ2n) is 3.61. The topological polar surface area (TPSA) is 80.7 Å². The van der Waals surface area contributed by atoms with Crippen LogP contribution in [0, 0.1) is 0 Å². The van der Waals surface area contributed by atoms with E-state index in [-0.39, 0.29) is 18.9 Å². The molecule has 0 atom stereocenters. The van der Waals surface area contributed by atoms with E-state index in [9.17, 15) is 5.11 Å². The molecule has 0 aliphatic carbocycles. The summed E-state index contributed by atoms with van der Waals surface area (Å²) < 4.78 is 5.01. The van der Waals surface area contributed by atoms with Gasteiger partial charge in [-0.25, -0.2) is 4.98 Å². The molecule has 114 valence electrons. The number of nitrogens with zero attached hydrogens (tertiary/aromatic N) is 2. The van der Waals surface area contributed by atoms with E-state index in [2.05, 4.69) is 9.98 Å². The van der Waals surface area contributed by atoms with E-state index in [1.165, 1.54) is 13.3 Å². The number of para-hydroxylation sites is 1. The van der Waals surface area contributed by atoms with Crippen molar-refractivity contribution in [3.63, 3.8) is 0 Å². The quantitative estimate of drug-likeness (QED) is 0.640. The molecule has 0 saturated carbocycles. The number of hydrogen-bond acceptors (Lipinski definition) is 5. The number of methoxy groups -OCH3 is 1. The van der Waals surface area contributed by atoms with Gasteiger partial charge in [-0.1, -0.05) is 6.07 Å². The zero-order valence-electron chi connectivity index (χ0n) is 11.0. The van der Waals surface area contributed by atoms with E-state index >= 15 is 0 Å². The third-order valence-corrected chi connectivity index (χ3v) is 2.41. The third-order valence-electron chi connectivity index (χ3n) is 2.41. The maximum atomic E-state index is 9.87. The Hall–Kier alpha value is -1.46. The molecule has 2 rings (SSSR count). The van der Waals surface area contributed by atoms with Crippen molar-refractivity contribution in [2.45, 2.75) is 0 Å². The van der Waals surface area contributed by atoms with Crippen LogP contribution in [0.25, 0.3) is 0 Å². The predicted octanol–water partition coefficient (Wildman–Crippen LogP) is 3.51. The number of pyridine rings is 1. The Labute approximate surface area is 137 Å². The third kappa shape index (κ3) is 5.44. The van der Waals surface area contributed by atoms with Crippen molar-refractivity contribution in [1.29, 1.82) is 0 Å². The van der Waals surface area contributed by atoms with Gasteiger partial charge in [0.2, 0.25) is 0 Å². The van der Waals surface area contributed by atoms with Crippen LogP contribution in [-0.4, -0.2) is 23.4 Å². The molecular formula is C13H13Cl2FeN3O2. The minimum absolute atomic E-state index is 0.0474. The van der Waals surface area contributed by atoms with Gasteiger partial charge in [-0.15, -0.1) is 0 Å². The van der Waals surface area contributed by atoms with Crippen LogP contribution in [0.3, 0.4) is 0 Å². The van der Waals surface area contributed by atoms with E-state index in [1.807, 2.05) is 0 Å². The van der Waals surface area contributed by atoms with Crippen LogP contribution in [0.15, 0.2) is 41.5 Å². The van der Waals surface area contributed by atoms with Crippen LogP contribution in [0.1, 0.15) is 5.56 Å². The van der Waals surface area contributed by atoms with Crippen molar-refractivity contribution in [3.8, 4) is 11.5 Å². The van der Waals surface area contributed by atoms with Gasteiger partial charge in [-0.2, -0.15) is 0 Å². The zero-order chi connectivity index (χ0) is 15.7. The van der Waals surface area contributed by atoms with Crippen molar-refractivity contribution in [2.24, 2.45) is 4.99 Å². The van der Waals surface area contributed by atoms with Crippen LogP contribution < -0.4 is 10.5 Å². The summed E-state index contributed by atoms with van der Waals surface area (Å²) in [5, 5.41) is 9.87. The van der Waals surface area contributed by atoms with Crippen molar-refractivity contribution >= 4 is 37.9 Å². The molecule has 1 aromatic carbocycles. The Morgan fingerprint density at radius 1 is 1.33 bits per heavy atom. The molecule has 0 amide bonds. The van der Waals surface area contributed by atoms with Crippen LogP contribution >= 0.6 is 20.2 Å². The van der Waals surface area contributed by atoms with Gasteiger partial charge >= 0.3 is 33.3 Å². The van der Waals surface area contributed by atoms with Gasteiger partial charge in [-0.05, 0) is 24.3 Å². The van der Waals surface area contributed by atoms with Crippen molar-refractivity contribution in [2.75, 3.05) is 12.8 Å².